The van der Waals surface area contributed by atoms with Gasteiger partial charge in [0.05, 0.1) is 49.8 Å². The van der Waals surface area contributed by atoms with Crippen LogP contribution >= 0.6 is 0 Å². The third-order valence-corrected chi connectivity index (χ3v) is 13.6. The number of rotatable bonds is 6. The summed E-state index contributed by atoms with van der Waals surface area (Å²) in [5.41, 5.74) is 17.4. The van der Waals surface area contributed by atoms with Crippen molar-refractivity contribution in [1.29, 1.82) is 0 Å². The van der Waals surface area contributed by atoms with Crippen LogP contribution in [-0.4, -0.2) is 23.7 Å². The van der Waals surface area contributed by atoms with Crippen molar-refractivity contribution in [3.63, 3.8) is 0 Å². The van der Waals surface area contributed by atoms with Crippen molar-refractivity contribution in [2.24, 2.45) is 0 Å². The topological polar surface area (TPSA) is 40.6 Å². The second-order valence-electron chi connectivity index (χ2n) is 17.3. The van der Waals surface area contributed by atoms with Gasteiger partial charge in [-0.2, -0.15) is 0 Å². The van der Waals surface area contributed by atoms with Gasteiger partial charge < -0.3 is 9.13 Å². The molecule has 5 heteroatoms. The van der Waals surface area contributed by atoms with Gasteiger partial charge in [-0.15, -0.1) is 0 Å². The molecule has 0 N–H and O–H groups in total. The molecule has 0 saturated heterocycles. The summed E-state index contributed by atoms with van der Waals surface area (Å²) in [5, 5.41) is 7.23. The van der Waals surface area contributed by atoms with Gasteiger partial charge in [-0.1, -0.05) is 170 Å². The molecule has 14 rings (SSSR count). The van der Waals surface area contributed by atoms with Crippen LogP contribution in [0.1, 0.15) is 0 Å². The van der Waals surface area contributed by atoms with Crippen LogP contribution in [0.2, 0.25) is 0 Å². The molecule has 14 aromatic rings. The minimum absolute atomic E-state index is 0.804. The van der Waals surface area contributed by atoms with E-state index in [0.717, 1.165) is 72.3 Å². The zero-order valence-electron chi connectivity index (χ0n) is 36.3. The van der Waals surface area contributed by atoms with Crippen molar-refractivity contribution in [1.82, 2.24) is 23.7 Å². The third kappa shape index (κ3) is 5.68. The van der Waals surface area contributed by atoms with Crippen LogP contribution in [0.3, 0.4) is 0 Å². The normalized spacial score (nSPS) is 11.9. The Balaban J connectivity index is 1.01. The first kappa shape index (κ1) is 37.3. The summed E-state index contributed by atoms with van der Waals surface area (Å²) >= 11 is 0. The van der Waals surface area contributed by atoms with E-state index in [-0.39, 0.29) is 0 Å². The van der Waals surface area contributed by atoms with E-state index < -0.39 is 0 Å². The Kier molecular flexibility index (Phi) is 8.21. The molecule has 0 aliphatic heterocycles. The van der Waals surface area contributed by atoms with Crippen LogP contribution in [0.25, 0.3) is 127 Å². The highest BCUT2D eigenvalue weighted by atomic mass is 15.1. The second kappa shape index (κ2) is 14.7. The zero-order chi connectivity index (χ0) is 44.0. The Hall–Kier alpha value is -9.06. The number of fused-ring (bicyclic) bond motifs is 11. The molecule has 0 unspecified atom stereocenters. The Morgan fingerprint density at radius 3 is 1.39 bits per heavy atom. The minimum atomic E-state index is 0.804. The van der Waals surface area contributed by atoms with Crippen LogP contribution < -0.4 is 0 Å². The summed E-state index contributed by atoms with van der Waals surface area (Å²) in [7, 11) is 0. The van der Waals surface area contributed by atoms with Gasteiger partial charge in [-0.3, -0.25) is 4.57 Å². The van der Waals surface area contributed by atoms with E-state index in [4.69, 9.17) is 9.97 Å². The molecule has 0 aliphatic rings. The van der Waals surface area contributed by atoms with Crippen molar-refractivity contribution < 1.29 is 0 Å². The van der Waals surface area contributed by atoms with Crippen LogP contribution in [0.4, 0.5) is 0 Å². The molecule has 0 saturated carbocycles. The smallest absolute Gasteiger partial charge is 0.165 e. The number of benzene rings is 10. The summed E-state index contributed by atoms with van der Waals surface area (Å²) < 4.78 is 7.25. The molecule has 0 fully saturated rings. The molecule has 5 nitrogen and oxygen atoms in total. The lowest BCUT2D eigenvalue weighted by Gasteiger charge is -2.14. The monoisotopic (exact) mass is 853 g/mol. The zero-order valence-corrected chi connectivity index (χ0v) is 36.3. The fourth-order valence-electron chi connectivity index (χ4n) is 10.7. The van der Waals surface area contributed by atoms with Crippen molar-refractivity contribution >= 4 is 76.5 Å². The fraction of sp³-hybridized carbons (Fsp3) is 0. The molecule has 312 valence electrons. The molecule has 10 aromatic carbocycles. The van der Waals surface area contributed by atoms with Gasteiger partial charge in [-0.05, 0) is 89.0 Å². The highest BCUT2D eigenvalue weighted by Crippen LogP contribution is 2.45. The quantitative estimate of drug-likeness (QED) is 0.167. The molecule has 67 heavy (non-hydrogen) atoms. The summed E-state index contributed by atoms with van der Waals surface area (Å²) in [6.07, 6.45) is 0. The Morgan fingerprint density at radius 2 is 0.716 bits per heavy atom. The van der Waals surface area contributed by atoms with Crippen molar-refractivity contribution in [2.45, 2.75) is 0 Å². The third-order valence-electron chi connectivity index (χ3n) is 13.6. The van der Waals surface area contributed by atoms with Crippen molar-refractivity contribution in [2.75, 3.05) is 0 Å². The predicted molar refractivity (Wildman–Crippen MR) is 279 cm³/mol. The molecule has 0 radical (unpaired) electrons. The predicted octanol–water partition coefficient (Wildman–Crippen LogP) is 15.9. The van der Waals surface area contributed by atoms with E-state index in [0.29, 0.717) is 0 Å². The van der Waals surface area contributed by atoms with Gasteiger partial charge in [0.25, 0.3) is 0 Å². The van der Waals surface area contributed by atoms with Crippen LogP contribution in [0.15, 0.2) is 237 Å². The lowest BCUT2D eigenvalue weighted by Crippen LogP contribution is -2.04. The van der Waals surface area contributed by atoms with Gasteiger partial charge in [0.1, 0.15) is 5.69 Å². The van der Waals surface area contributed by atoms with Gasteiger partial charge in [0.15, 0.2) is 5.82 Å². The average Bonchev–Trinajstić information content (AvgIpc) is 4.05. The lowest BCUT2D eigenvalue weighted by molar-refractivity contribution is 1.08. The molecule has 0 bridgehead atoms. The molecular weight excluding hydrogens is 815 g/mol. The standard InChI is InChI=1S/C62H39N5/c1-3-17-40(18-4-1)41-33-35-42(36-34-41)44-21-15-22-45(39-44)65-51-28-12-8-24-47(51)59-56(65)37-38-57-60(59)48-25-9-13-29-52(48)66(57)54-31-16-32-55-58(54)46-23-7-14-30-53(46)67(55)62-61(43-19-5-2-6-20-43)63-49-26-10-11-27-50(49)64-62/h1-39H. The minimum Gasteiger partial charge on any atom is -0.309 e. The van der Waals surface area contributed by atoms with E-state index in [1.165, 1.54) is 54.8 Å². The Bertz CT molecular complexity index is 4250. The first-order valence-electron chi connectivity index (χ1n) is 22.8. The lowest BCUT2D eigenvalue weighted by atomic mass is 10.00. The SMILES string of the molecule is c1ccc(-c2ccc(-c3cccc(-n4c5ccccc5c5c6c7ccccc7n(-c7cccc8c7c7ccccc7n8-c7nc8ccccc8nc7-c7ccccc7)c6ccc54)c3)cc2)cc1. The van der Waals surface area contributed by atoms with Crippen molar-refractivity contribution in [3.05, 3.63) is 237 Å². The van der Waals surface area contributed by atoms with E-state index in [9.17, 15) is 0 Å². The molecular formula is C62H39N5. The fourth-order valence-corrected chi connectivity index (χ4v) is 10.7. The van der Waals surface area contributed by atoms with Crippen LogP contribution in [0, 0.1) is 0 Å². The molecule has 0 spiro atoms. The van der Waals surface area contributed by atoms with E-state index in [1.807, 2.05) is 24.3 Å². The van der Waals surface area contributed by atoms with Crippen molar-refractivity contribution in [3.8, 4) is 50.7 Å². The summed E-state index contributed by atoms with van der Waals surface area (Å²) in [5.74, 6) is 0.804. The largest absolute Gasteiger partial charge is 0.309 e. The maximum Gasteiger partial charge on any atom is 0.165 e. The second-order valence-corrected chi connectivity index (χ2v) is 17.3. The average molecular weight is 854 g/mol. The molecule has 4 aromatic heterocycles. The highest BCUT2D eigenvalue weighted by molar-refractivity contribution is 6.29. The molecule has 0 amide bonds. The molecule has 0 aliphatic carbocycles. The van der Waals surface area contributed by atoms with Gasteiger partial charge in [-0.25, -0.2) is 9.97 Å². The number of hydrogen-bond donors (Lipinski definition) is 0. The van der Waals surface area contributed by atoms with Gasteiger partial charge >= 0.3 is 0 Å². The number of nitrogens with zero attached hydrogens (tertiary/aromatic N) is 5. The number of hydrogen-bond acceptors (Lipinski definition) is 2. The maximum absolute atomic E-state index is 5.41. The first-order chi connectivity index (χ1) is 33.3. The van der Waals surface area contributed by atoms with Gasteiger partial charge in [0.2, 0.25) is 0 Å². The summed E-state index contributed by atoms with van der Waals surface area (Å²) in [6, 6.07) is 84.9. The number of para-hydroxylation sites is 5. The molecule has 0 atom stereocenters. The Labute approximate surface area is 385 Å². The Morgan fingerprint density at radius 1 is 0.269 bits per heavy atom. The summed E-state index contributed by atoms with van der Waals surface area (Å²) in [6.45, 7) is 0. The van der Waals surface area contributed by atoms with E-state index in [1.54, 1.807) is 0 Å². The van der Waals surface area contributed by atoms with Crippen LogP contribution in [-0.2, 0) is 0 Å². The maximum atomic E-state index is 5.41. The van der Waals surface area contributed by atoms with E-state index >= 15 is 0 Å². The van der Waals surface area contributed by atoms with E-state index in [2.05, 4.69) is 226 Å². The number of aromatic nitrogens is 5. The summed E-state index contributed by atoms with van der Waals surface area (Å²) in [4.78, 5) is 10.7. The molecule has 4 heterocycles. The first-order valence-corrected chi connectivity index (χ1v) is 22.8. The van der Waals surface area contributed by atoms with Crippen LogP contribution in [0.5, 0.6) is 0 Å². The highest BCUT2D eigenvalue weighted by Gasteiger charge is 2.25. The van der Waals surface area contributed by atoms with Gasteiger partial charge in [0, 0.05) is 43.6 Å².